The van der Waals surface area contributed by atoms with Gasteiger partial charge in [-0.2, -0.15) is 0 Å². The zero-order valence-electron chi connectivity index (χ0n) is 12.9. The molecule has 0 aromatic carbocycles. The van der Waals surface area contributed by atoms with Crippen molar-refractivity contribution >= 4 is 28.8 Å². The summed E-state index contributed by atoms with van der Waals surface area (Å²) in [6, 6.07) is 0. The van der Waals surface area contributed by atoms with Crippen molar-refractivity contribution in [1.82, 2.24) is 14.5 Å². The Bertz CT molecular complexity index is 882. The lowest BCUT2D eigenvalue weighted by Gasteiger charge is -2.13. The normalized spacial score (nSPS) is 16.7. The number of halogens is 1. The van der Waals surface area contributed by atoms with Crippen LogP contribution in [0.4, 0.5) is 0 Å². The standard InChI is InChI=1S/C16H16ClN3O2S/c1-8-10-6-20(7-11(10)19(2)16(22)13(8)17)15(21)12-5-18-14(23-12)9-3-4-9/h5,9H,3-4,6-7H2,1-2H3. The van der Waals surface area contributed by atoms with Gasteiger partial charge in [0.15, 0.2) is 0 Å². The number of hydrogen-bond acceptors (Lipinski definition) is 4. The Morgan fingerprint density at radius 2 is 2.13 bits per heavy atom. The van der Waals surface area contributed by atoms with Crippen LogP contribution in [0, 0.1) is 6.92 Å². The minimum atomic E-state index is -0.203. The van der Waals surface area contributed by atoms with Gasteiger partial charge in [0.2, 0.25) is 0 Å². The molecule has 5 nitrogen and oxygen atoms in total. The van der Waals surface area contributed by atoms with Gasteiger partial charge in [-0.15, -0.1) is 11.3 Å². The molecule has 4 rings (SSSR count). The summed E-state index contributed by atoms with van der Waals surface area (Å²) >= 11 is 7.61. The number of carbonyl (C=O) groups is 1. The summed E-state index contributed by atoms with van der Waals surface area (Å²) in [5.74, 6) is 0.535. The van der Waals surface area contributed by atoms with Crippen molar-refractivity contribution in [3.8, 4) is 0 Å². The van der Waals surface area contributed by atoms with Crippen molar-refractivity contribution in [1.29, 1.82) is 0 Å². The fourth-order valence-corrected chi connectivity index (χ4v) is 4.32. The highest BCUT2D eigenvalue weighted by molar-refractivity contribution is 7.13. The summed E-state index contributed by atoms with van der Waals surface area (Å²) in [4.78, 5) is 31.7. The lowest BCUT2D eigenvalue weighted by Crippen LogP contribution is -2.26. The van der Waals surface area contributed by atoms with Gasteiger partial charge in [0, 0.05) is 25.2 Å². The molecule has 2 aliphatic rings. The quantitative estimate of drug-likeness (QED) is 0.837. The minimum absolute atomic E-state index is 0.0198. The monoisotopic (exact) mass is 349 g/mol. The van der Waals surface area contributed by atoms with Gasteiger partial charge in [0.05, 0.1) is 17.7 Å². The molecule has 0 radical (unpaired) electrons. The van der Waals surface area contributed by atoms with E-state index < -0.39 is 0 Å². The predicted octanol–water partition coefficient (Wildman–Crippen LogP) is 2.84. The fraction of sp³-hybridized carbons (Fsp3) is 0.438. The van der Waals surface area contributed by atoms with Crippen molar-refractivity contribution in [3.63, 3.8) is 0 Å². The first-order valence-corrected chi connectivity index (χ1v) is 8.78. The summed E-state index contributed by atoms with van der Waals surface area (Å²) in [7, 11) is 1.71. The smallest absolute Gasteiger partial charge is 0.269 e. The second-order valence-electron chi connectivity index (χ2n) is 6.23. The van der Waals surface area contributed by atoms with Crippen LogP contribution < -0.4 is 5.56 Å². The third kappa shape index (κ3) is 2.32. The van der Waals surface area contributed by atoms with E-state index in [1.54, 1.807) is 22.7 Å². The third-order valence-corrected chi connectivity index (χ3v) is 6.26. The van der Waals surface area contributed by atoms with Gasteiger partial charge >= 0.3 is 0 Å². The Labute approximate surface area is 142 Å². The van der Waals surface area contributed by atoms with Crippen LogP contribution in [-0.2, 0) is 20.1 Å². The Balaban J connectivity index is 1.64. The first-order valence-electron chi connectivity index (χ1n) is 7.59. The number of thiazole rings is 1. The molecule has 0 spiro atoms. The van der Waals surface area contributed by atoms with Gasteiger partial charge in [-0.25, -0.2) is 4.98 Å². The van der Waals surface area contributed by atoms with Crippen LogP contribution in [0.3, 0.4) is 0 Å². The maximum absolute atomic E-state index is 12.7. The molecule has 2 aromatic heterocycles. The SMILES string of the molecule is Cc1c2c(n(C)c(=O)c1Cl)CN(C(=O)c1cnc(C3CC3)s1)C2. The fourth-order valence-electron chi connectivity index (χ4n) is 3.03. The van der Waals surface area contributed by atoms with Crippen molar-refractivity contribution in [2.45, 2.75) is 38.8 Å². The summed E-state index contributed by atoms with van der Waals surface area (Å²) in [5.41, 5.74) is 2.43. The summed E-state index contributed by atoms with van der Waals surface area (Å²) in [6.07, 6.45) is 4.04. The van der Waals surface area contributed by atoms with Gasteiger partial charge in [0.1, 0.15) is 9.90 Å². The van der Waals surface area contributed by atoms with E-state index in [9.17, 15) is 9.59 Å². The number of pyridine rings is 1. The second kappa shape index (κ2) is 5.18. The van der Waals surface area contributed by atoms with Gasteiger partial charge in [-0.05, 0) is 30.9 Å². The Morgan fingerprint density at radius 3 is 2.83 bits per heavy atom. The highest BCUT2D eigenvalue weighted by atomic mass is 35.5. The maximum atomic E-state index is 12.7. The molecule has 3 heterocycles. The van der Waals surface area contributed by atoms with Gasteiger partial charge < -0.3 is 9.47 Å². The topological polar surface area (TPSA) is 55.2 Å². The number of rotatable bonds is 2. The molecule has 1 aliphatic carbocycles. The molecule has 1 amide bonds. The van der Waals surface area contributed by atoms with Crippen molar-refractivity contribution in [2.75, 3.05) is 0 Å². The maximum Gasteiger partial charge on any atom is 0.269 e. The number of aromatic nitrogens is 2. The molecule has 7 heteroatoms. The third-order valence-electron chi connectivity index (χ3n) is 4.67. The first kappa shape index (κ1) is 14.9. The van der Waals surface area contributed by atoms with E-state index in [0.29, 0.717) is 23.9 Å². The molecular weight excluding hydrogens is 334 g/mol. The molecule has 23 heavy (non-hydrogen) atoms. The zero-order chi connectivity index (χ0) is 16.3. The lowest BCUT2D eigenvalue weighted by atomic mass is 10.1. The molecule has 120 valence electrons. The van der Waals surface area contributed by atoms with Gasteiger partial charge in [-0.3, -0.25) is 9.59 Å². The van der Waals surface area contributed by atoms with Crippen LogP contribution in [0.2, 0.25) is 5.02 Å². The van der Waals surface area contributed by atoms with E-state index >= 15 is 0 Å². The van der Waals surface area contributed by atoms with E-state index in [1.807, 2.05) is 6.92 Å². The van der Waals surface area contributed by atoms with E-state index in [-0.39, 0.29) is 16.5 Å². The first-order chi connectivity index (χ1) is 11.0. The summed E-state index contributed by atoms with van der Waals surface area (Å²) < 4.78 is 1.56. The molecule has 0 N–H and O–H groups in total. The molecular formula is C16H16ClN3O2S. The van der Waals surface area contributed by atoms with Crippen LogP contribution in [0.25, 0.3) is 0 Å². The number of nitrogens with zero attached hydrogens (tertiary/aromatic N) is 3. The molecule has 0 bridgehead atoms. The molecule has 0 atom stereocenters. The van der Waals surface area contributed by atoms with Crippen LogP contribution >= 0.6 is 22.9 Å². The van der Waals surface area contributed by atoms with E-state index in [4.69, 9.17) is 11.6 Å². The zero-order valence-corrected chi connectivity index (χ0v) is 14.5. The molecule has 1 aliphatic heterocycles. The largest absolute Gasteiger partial charge is 0.328 e. The average molecular weight is 350 g/mol. The van der Waals surface area contributed by atoms with Crippen LogP contribution in [0.15, 0.2) is 11.0 Å². The highest BCUT2D eigenvalue weighted by Gasteiger charge is 2.32. The van der Waals surface area contributed by atoms with Crippen LogP contribution in [0.5, 0.6) is 0 Å². The number of hydrogen-bond donors (Lipinski definition) is 0. The molecule has 0 saturated heterocycles. The van der Waals surface area contributed by atoms with Crippen molar-refractivity contribution in [2.24, 2.45) is 7.05 Å². The average Bonchev–Trinajstić information content (AvgIpc) is 3.12. The molecule has 1 saturated carbocycles. The molecule has 1 fully saturated rings. The number of amides is 1. The van der Waals surface area contributed by atoms with Gasteiger partial charge in [0.25, 0.3) is 11.5 Å². The second-order valence-corrected chi connectivity index (χ2v) is 7.67. The van der Waals surface area contributed by atoms with Gasteiger partial charge in [-0.1, -0.05) is 11.6 Å². The lowest BCUT2D eigenvalue weighted by molar-refractivity contribution is 0.0754. The van der Waals surface area contributed by atoms with Crippen molar-refractivity contribution < 1.29 is 4.79 Å². The Kier molecular flexibility index (Phi) is 3.35. The van der Waals surface area contributed by atoms with Crippen molar-refractivity contribution in [3.05, 3.63) is 48.3 Å². The summed E-state index contributed by atoms with van der Waals surface area (Å²) in [6.45, 7) is 2.77. The predicted molar refractivity (Wildman–Crippen MR) is 89.1 cm³/mol. The number of fused-ring (bicyclic) bond motifs is 1. The Hall–Kier alpha value is -1.66. The minimum Gasteiger partial charge on any atom is -0.328 e. The summed E-state index contributed by atoms with van der Waals surface area (Å²) in [5, 5.41) is 1.31. The molecule has 2 aromatic rings. The van der Waals surface area contributed by atoms with E-state index in [1.165, 1.54) is 24.2 Å². The molecule has 0 unspecified atom stereocenters. The van der Waals surface area contributed by atoms with Crippen LogP contribution in [-0.4, -0.2) is 20.4 Å². The number of carbonyl (C=O) groups excluding carboxylic acids is 1. The Morgan fingerprint density at radius 1 is 1.39 bits per heavy atom. The van der Waals surface area contributed by atoms with E-state index in [0.717, 1.165) is 21.8 Å². The van der Waals surface area contributed by atoms with E-state index in [2.05, 4.69) is 4.98 Å². The van der Waals surface area contributed by atoms with Crippen LogP contribution in [0.1, 0.15) is 50.3 Å². The highest BCUT2D eigenvalue weighted by Crippen LogP contribution is 2.42.